The smallest absolute Gasteiger partial charge is 0.236 e. The number of amides is 1. The van der Waals surface area contributed by atoms with Gasteiger partial charge in [-0.05, 0) is 36.5 Å². The fraction of sp³-hybridized carbons (Fsp3) is 0.318. The van der Waals surface area contributed by atoms with E-state index in [9.17, 15) is 4.79 Å². The molecule has 3 aromatic rings. The van der Waals surface area contributed by atoms with E-state index >= 15 is 0 Å². The second kappa shape index (κ2) is 8.19. The molecule has 28 heavy (non-hydrogen) atoms. The molecule has 2 heterocycles. The van der Waals surface area contributed by atoms with Crippen LogP contribution in [0.25, 0.3) is 11.4 Å². The van der Waals surface area contributed by atoms with Crippen LogP contribution in [0.2, 0.25) is 0 Å². The summed E-state index contributed by atoms with van der Waals surface area (Å²) >= 11 is 1.41. The van der Waals surface area contributed by atoms with Gasteiger partial charge in [-0.15, -0.1) is 5.10 Å². The molecule has 1 aliphatic heterocycles. The fourth-order valence-corrected chi connectivity index (χ4v) is 4.28. The van der Waals surface area contributed by atoms with E-state index in [4.69, 9.17) is 0 Å². The van der Waals surface area contributed by atoms with Crippen LogP contribution in [-0.4, -0.2) is 37.8 Å². The van der Waals surface area contributed by atoms with Gasteiger partial charge in [0.1, 0.15) is 0 Å². The Hall–Kier alpha value is -2.60. The van der Waals surface area contributed by atoms with Crippen molar-refractivity contribution in [3.8, 4) is 11.4 Å². The van der Waals surface area contributed by atoms with Crippen LogP contribution in [0.1, 0.15) is 30.5 Å². The van der Waals surface area contributed by atoms with E-state index in [1.54, 1.807) is 0 Å². The van der Waals surface area contributed by atoms with E-state index < -0.39 is 0 Å². The third kappa shape index (κ3) is 3.97. The number of hydrogen-bond donors (Lipinski definition) is 1. The minimum atomic E-state index is -0.226. The minimum absolute atomic E-state index is 0.137. The van der Waals surface area contributed by atoms with Crippen LogP contribution < -0.4 is 0 Å². The van der Waals surface area contributed by atoms with Crippen molar-refractivity contribution in [2.75, 3.05) is 6.54 Å². The number of thioether (sulfide) groups is 1. The molecule has 0 bridgehead atoms. The predicted octanol–water partition coefficient (Wildman–Crippen LogP) is 4.10. The number of aryl methyl sites for hydroxylation is 1. The number of benzene rings is 2. The topological polar surface area (TPSA) is 61.9 Å². The SMILES string of the molecule is CCc1ccc(-c2nc(S[C@@H](C)C(=O)N3CCc4ccccc4C3)n[nH]2)cc1. The number of aromatic amines is 1. The lowest BCUT2D eigenvalue weighted by Gasteiger charge is -2.30. The number of nitrogens with zero attached hydrogens (tertiary/aromatic N) is 3. The molecular weight excluding hydrogens is 368 g/mol. The Balaban J connectivity index is 1.40. The summed E-state index contributed by atoms with van der Waals surface area (Å²) in [5, 5.41) is 7.66. The number of aromatic nitrogens is 3. The summed E-state index contributed by atoms with van der Waals surface area (Å²) in [6, 6.07) is 16.7. The standard InChI is InChI=1S/C22H24N4OS/c1-3-16-8-10-18(11-9-16)20-23-22(25-24-20)28-15(2)21(27)26-13-12-17-6-4-5-7-19(17)14-26/h4-11,15H,3,12-14H2,1-2H3,(H,23,24,25)/t15-/m0/s1. The largest absolute Gasteiger partial charge is 0.337 e. The van der Waals surface area contributed by atoms with Crippen molar-refractivity contribution < 1.29 is 4.79 Å². The third-order valence-corrected chi connectivity index (χ3v) is 6.12. The number of fused-ring (bicyclic) bond motifs is 1. The van der Waals surface area contributed by atoms with Gasteiger partial charge in [-0.1, -0.05) is 67.2 Å². The molecule has 0 saturated carbocycles. The van der Waals surface area contributed by atoms with Gasteiger partial charge in [0.05, 0.1) is 5.25 Å². The summed E-state index contributed by atoms with van der Waals surface area (Å²) in [4.78, 5) is 19.4. The number of carbonyl (C=O) groups is 1. The van der Waals surface area contributed by atoms with E-state index in [0.29, 0.717) is 11.7 Å². The van der Waals surface area contributed by atoms with Gasteiger partial charge in [-0.25, -0.2) is 4.98 Å². The minimum Gasteiger partial charge on any atom is -0.337 e. The van der Waals surface area contributed by atoms with Crippen LogP contribution in [0.4, 0.5) is 0 Å². The van der Waals surface area contributed by atoms with E-state index in [1.807, 2.05) is 30.0 Å². The molecule has 0 spiro atoms. The molecular formula is C22H24N4OS. The molecule has 1 amide bonds. The van der Waals surface area contributed by atoms with E-state index in [1.165, 1.54) is 28.5 Å². The lowest BCUT2D eigenvalue weighted by molar-refractivity contribution is -0.131. The summed E-state index contributed by atoms with van der Waals surface area (Å²) < 4.78 is 0. The number of H-pyrrole nitrogens is 1. The lowest BCUT2D eigenvalue weighted by Crippen LogP contribution is -2.40. The summed E-state index contributed by atoms with van der Waals surface area (Å²) in [6.45, 7) is 5.52. The van der Waals surface area contributed by atoms with Gasteiger partial charge in [0.25, 0.3) is 0 Å². The summed E-state index contributed by atoms with van der Waals surface area (Å²) in [5.41, 5.74) is 4.89. The number of carbonyl (C=O) groups excluding carboxylic acids is 1. The average Bonchev–Trinajstić information content (AvgIpc) is 3.21. The van der Waals surface area contributed by atoms with Crippen LogP contribution in [-0.2, 0) is 24.2 Å². The molecule has 0 radical (unpaired) electrons. The summed E-state index contributed by atoms with van der Waals surface area (Å²) in [6.07, 6.45) is 1.93. The van der Waals surface area contributed by atoms with Crippen molar-refractivity contribution in [2.45, 2.75) is 43.6 Å². The number of hydrogen-bond acceptors (Lipinski definition) is 4. The van der Waals surface area contributed by atoms with Crippen molar-refractivity contribution in [3.63, 3.8) is 0 Å². The summed E-state index contributed by atoms with van der Waals surface area (Å²) in [5.74, 6) is 0.870. The Morgan fingerprint density at radius 1 is 1.18 bits per heavy atom. The van der Waals surface area contributed by atoms with E-state index in [2.05, 4.69) is 52.4 Å². The molecule has 2 aromatic carbocycles. The zero-order valence-corrected chi connectivity index (χ0v) is 17.0. The quantitative estimate of drug-likeness (QED) is 0.664. The molecule has 5 nitrogen and oxygen atoms in total. The number of rotatable bonds is 5. The van der Waals surface area contributed by atoms with Crippen LogP contribution in [0.15, 0.2) is 53.7 Å². The first-order valence-electron chi connectivity index (χ1n) is 9.68. The number of nitrogens with one attached hydrogen (secondary N) is 1. The highest BCUT2D eigenvalue weighted by atomic mass is 32.2. The molecule has 1 aromatic heterocycles. The highest BCUT2D eigenvalue weighted by Gasteiger charge is 2.26. The van der Waals surface area contributed by atoms with Gasteiger partial charge >= 0.3 is 0 Å². The van der Waals surface area contributed by atoms with Gasteiger partial charge in [-0.3, -0.25) is 9.89 Å². The van der Waals surface area contributed by atoms with Crippen molar-refractivity contribution in [2.24, 2.45) is 0 Å². The Morgan fingerprint density at radius 3 is 2.68 bits per heavy atom. The maximum absolute atomic E-state index is 12.9. The van der Waals surface area contributed by atoms with Crippen LogP contribution in [0, 0.1) is 0 Å². The molecule has 4 rings (SSSR count). The molecule has 144 valence electrons. The van der Waals surface area contributed by atoms with Crippen LogP contribution in [0.3, 0.4) is 0 Å². The first-order valence-corrected chi connectivity index (χ1v) is 10.6. The monoisotopic (exact) mass is 392 g/mol. The second-order valence-electron chi connectivity index (χ2n) is 7.06. The van der Waals surface area contributed by atoms with Crippen LogP contribution >= 0.6 is 11.8 Å². The molecule has 0 unspecified atom stereocenters. The van der Waals surface area contributed by atoms with Gasteiger partial charge in [0, 0.05) is 18.7 Å². The zero-order valence-electron chi connectivity index (χ0n) is 16.2. The van der Waals surface area contributed by atoms with Crippen molar-refractivity contribution in [1.82, 2.24) is 20.1 Å². The maximum atomic E-state index is 12.9. The molecule has 1 atom stereocenters. The van der Waals surface area contributed by atoms with Crippen molar-refractivity contribution in [1.29, 1.82) is 0 Å². The molecule has 1 aliphatic rings. The van der Waals surface area contributed by atoms with Crippen LogP contribution in [0.5, 0.6) is 0 Å². The average molecular weight is 393 g/mol. The molecule has 6 heteroatoms. The highest BCUT2D eigenvalue weighted by molar-refractivity contribution is 8.00. The molecule has 0 fully saturated rings. The van der Waals surface area contributed by atoms with Crippen molar-refractivity contribution in [3.05, 3.63) is 65.2 Å². The highest BCUT2D eigenvalue weighted by Crippen LogP contribution is 2.26. The van der Waals surface area contributed by atoms with Gasteiger partial charge in [0.2, 0.25) is 11.1 Å². The Labute approximate surface area is 169 Å². The predicted molar refractivity (Wildman–Crippen MR) is 112 cm³/mol. The second-order valence-corrected chi connectivity index (χ2v) is 8.36. The Morgan fingerprint density at radius 2 is 1.93 bits per heavy atom. The molecule has 1 N–H and O–H groups in total. The molecule has 0 aliphatic carbocycles. The molecule has 0 saturated heterocycles. The van der Waals surface area contributed by atoms with Gasteiger partial charge in [-0.2, -0.15) is 0 Å². The summed E-state index contributed by atoms with van der Waals surface area (Å²) in [7, 11) is 0. The van der Waals surface area contributed by atoms with E-state index in [-0.39, 0.29) is 11.2 Å². The van der Waals surface area contributed by atoms with E-state index in [0.717, 1.165) is 30.8 Å². The lowest BCUT2D eigenvalue weighted by atomic mass is 10.00. The first kappa shape index (κ1) is 18.7. The third-order valence-electron chi connectivity index (χ3n) is 5.17. The Kier molecular flexibility index (Phi) is 5.48. The normalized spacial score (nSPS) is 14.6. The fourth-order valence-electron chi connectivity index (χ4n) is 3.48. The Bertz CT molecular complexity index is 967. The maximum Gasteiger partial charge on any atom is 0.236 e. The van der Waals surface area contributed by atoms with Gasteiger partial charge in [0.15, 0.2) is 5.82 Å². The van der Waals surface area contributed by atoms with Crippen molar-refractivity contribution >= 4 is 17.7 Å². The van der Waals surface area contributed by atoms with Gasteiger partial charge < -0.3 is 4.90 Å². The zero-order chi connectivity index (χ0) is 19.5. The first-order chi connectivity index (χ1) is 13.6.